The number of carbonyl (C=O) groups excluding carboxylic acids is 1. The fourth-order valence-corrected chi connectivity index (χ4v) is 3.02. The van der Waals surface area contributed by atoms with Crippen molar-refractivity contribution in [2.45, 2.75) is 39.0 Å². The number of rotatable bonds is 5. The zero-order valence-corrected chi connectivity index (χ0v) is 15.9. The van der Waals surface area contributed by atoms with Gasteiger partial charge in [-0.15, -0.1) is 0 Å². The van der Waals surface area contributed by atoms with Crippen LogP contribution in [-0.2, 0) is 11.2 Å². The van der Waals surface area contributed by atoms with Gasteiger partial charge in [-0.1, -0.05) is 49.7 Å². The lowest BCUT2D eigenvalue weighted by Crippen LogP contribution is -2.13. The van der Waals surface area contributed by atoms with Gasteiger partial charge < -0.3 is 14.8 Å². The molecule has 0 saturated heterocycles. The van der Waals surface area contributed by atoms with Crippen molar-refractivity contribution in [3.8, 4) is 11.5 Å². The number of hydrogen-bond acceptors (Lipinski definition) is 3. The lowest BCUT2D eigenvalue weighted by molar-refractivity contribution is -0.116. The van der Waals surface area contributed by atoms with Gasteiger partial charge in [0.2, 0.25) is 5.91 Å². The number of halogens is 1. The van der Waals surface area contributed by atoms with E-state index in [4.69, 9.17) is 21.1 Å². The van der Waals surface area contributed by atoms with Gasteiger partial charge in [-0.05, 0) is 23.5 Å². The molecule has 26 heavy (non-hydrogen) atoms. The summed E-state index contributed by atoms with van der Waals surface area (Å²) in [4.78, 5) is 12.3. The average molecular weight is 374 g/mol. The van der Waals surface area contributed by atoms with Crippen LogP contribution in [0, 0.1) is 0 Å². The van der Waals surface area contributed by atoms with Crippen LogP contribution in [0.2, 0.25) is 5.02 Å². The minimum absolute atomic E-state index is 0.0747. The van der Waals surface area contributed by atoms with Gasteiger partial charge in [0.15, 0.2) is 11.5 Å². The quantitative estimate of drug-likeness (QED) is 0.783. The molecule has 0 saturated carbocycles. The first-order valence-electron chi connectivity index (χ1n) is 9.01. The largest absolute Gasteiger partial charge is 0.490 e. The highest BCUT2D eigenvalue weighted by Crippen LogP contribution is 2.37. The van der Waals surface area contributed by atoms with E-state index in [1.165, 1.54) is 5.56 Å². The van der Waals surface area contributed by atoms with Crippen LogP contribution in [0.4, 0.5) is 5.69 Å². The molecule has 0 aliphatic carbocycles. The monoisotopic (exact) mass is 373 g/mol. The number of ether oxygens (including phenoxy) is 2. The standard InChI is InChI=1S/C21H24ClNO3/c1-14(2)16-7-4-15(5-8-16)6-9-21(24)23-18-13-20-19(12-17(18)22)25-10-3-11-26-20/h4-5,7-8,12-14H,3,6,9-11H2,1-2H3,(H,23,24). The maximum absolute atomic E-state index is 12.3. The third-order valence-electron chi connectivity index (χ3n) is 4.40. The Labute approximate surface area is 159 Å². The Morgan fingerprint density at radius 2 is 1.77 bits per heavy atom. The van der Waals surface area contributed by atoms with Crippen LogP contribution >= 0.6 is 11.6 Å². The molecule has 2 aromatic carbocycles. The van der Waals surface area contributed by atoms with Crippen LogP contribution in [0.1, 0.15) is 43.7 Å². The van der Waals surface area contributed by atoms with Gasteiger partial charge in [0.1, 0.15) is 0 Å². The first-order chi connectivity index (χ1) is 12.5. The highest BCUT2D eigenvalue weighted by atomic mass is 35.5. The van der Waals surface area contributed by atoms with Crippen molar-refractivity contribution < 1.29 is 14.3 Å². The van der Waals surface area contributed by atoms with Gasteiger partial charge >= 0.3 is 0 Å². The molecule has 1 aliphatic rings. The number of benzene rings is 2. The van der Waals surface area contributed by atoms with Gasteiger partial charge in [-0.25, -0.2) is 0 Å². The second kappa shape index (κ2) is 8.45. The smallest absolute Gasteiger partial charge is 0.224 e. The lowest BCUT2D eigenvalue weighted by Gasteiger charge is -2.12. The fraction of sp³-hybridized carbons (Fsp3) is 0.381. The number of amides is 1. The summed E-state index contributed by atoms with van der Waals surface area (Å²) in [6.07, 6.45) is 1.90. The molecule has 0 bridgehead atoms. The first-order valence-corrected chi connectivity index (χ1v) is 9.38. The van der Waals surface area contributed by atoms with E-state index in [0.29, 0.717) is 54.2 Å². The summed E-state index contributed by atoms with van der Waals surface area (Å²) < 4.78 is 11.2. The molecule has 1 heterocycles. The molecule has 2 aromatic rings. The molecular weight excluding hydrogens is 350 g/mol. The van der Waals surface area contributed by atoms with E-state index in [0.717, 1.165) is 12.0 Å². The Morgan fingerprint density at radius 1 is 1.12 bits per heavy atom. The molecule has 1 N–H and O–H groups in total. The summed E-state index contributed by atoms with van der Waals surface area (Å²) in [6, 6.07) is 11.9. The van der Waals surface area contributed by atoms with Crippen LogP contribution in [0.15, 0.2) is 36.4 Å². The van der Waals surface area contributed by atoms with Gasteiger partial charge in [-0.2, -0.15) is 0 Å². The fourth-order valence-electron chi connectivity index (χ4n) is 2.82. The van der Waals surface area contributed by atoms with Crippen molar-refractivity contribution in [1.29, 1.82) is 0 Å². The van der Waals surface area contributed by atoms with E-state index >= 15 is 0 Å². The summed E-state index contributed by atoms with van der Waals surface area (Å²) in [5, 5.41) is 3.32. The zero-order chi connectivity index (χ0) is 18.5. The molecule has 0 atom stereocenters. The number of fused-ring (bicyclic) bond motifs is 1. The van der Waals surface area contributed by atoms with E-state index in [1.807, 2.05) is 0 Å². The number of hydrogen-bond donors (Lipinski definition) is 1. The molecule has 138 valence electrons. The van der Waals surface area contributed by atoms with Crippen molar-refractivity contribution in [3.05, 3.63) is 52.5 Å². The Kier molecular flexibility index (Phi) is 6.04. The highest BCUT2D eigenvalue weighted by molar-refractivity contribution is 6.34. The second-order valence-electron chi connectivity index (χ2n) is 6.77. The topological polar surface area (TPSA) is 47.6 Å². The molecule has 5 heteroatoms. The van der Waals surface area contributed by atoms with Gasteiger partial charge in [0.25, 0.3) is 0 Å². The second-order valence-corrected chi connectivity index (χ2v) is 7.18. The third kappa shape index (κ3) is 4.70. The number of carbonyl (C=O) groups is 1. The minimum atomic E-state index is -0.0747. The third-order valence-corrected chi connectivity index (χ3v) is 4.71. The van der Waals surface area contributed by atoms with E-state index < -0.39 is 0 Å². The van der Waals surface area contributed by atoms with E-state index in [-0.39, 0.29) is 5.91 Å². The summed E-state index contributed by atoms with van der Waals surface area (Å²) >= 11 is 6.27. The van der Waals surface area contributed by atoms with Crippen molar-refractivity contribution in [1.82, 2.24) is 0 Å². The molecule has 0 radical (unpaired) electrons. The summed E-state index contributed by atoms with van der Waals surface area (Å²) in [5.41, 5.74) is 3.00. The van der Waals surface area contributed by atoms with Crippen LogP contribution in [-0.4, -0.2) is 19.1 Å². The normalized spacial score (nSPS) is 13.4. The molecule has 1 aliphatic heterocycles. The predicted molar refractivity (Wildman–Crippen MR) is 105 cm³/mol. The molecule has 4 nitrogen and oxygen atoms in total. The van der Waals surface area contributed by atoms with E-state index in [1.54, 1.807) is 12.1 Å². The zero-order valence-electron chi connectivity index (χ0n) is 15.2. The lowest BCUT2D eigenvalue weighted by atomic mass is 10.0. The van der Waals surface area contributed by atoms with Gasteiger partial charge in [0.05, 0.1) is 23.9 Å². The van der Waals surface area contributed by atoms with Crippen molar-refractivity contribution in [2.24, 2.45) is 0 Å². The molecule has 0 spiro atoms. The predicted octanol–water partition coefficient (Wildman–Crippen LogP) is 5.20. The van der Waals surface area contributed by atoms with Crippen LogP contribution in [0.3, 0.4) is 0 Å². The molecule has 3 rings (SSSR count). The number of nitrogens with one attached hydrogen (secondary N) is 1. The average Bonchev–Trinajstić information content (AvgIpc) is 2.85. The molecular formula is C21H24ClNO3. The Balaban J connectivity index is 1.60. The van der Waals surface area contributed by atoms with Crippen molar-refractivity contribution >= 4 is 23.2 Å². The molecule has 0 fully saturated rings. The van der Waals surface area contributed by atoms with Crippen molar-refractivity contribution in [2.75, 3.05) is 18.5 Å². The van der Waals surface area contributed by atoms with Crippen LogP contribution < -0.4 is 14.8 Å². The number of anilines is 1. The minimum Gasteiger partial charge on any atom is -0.490 e. The first kappa shape index (κ1) is 18.6. The summed E-state index contributed by atoms with van der Waals surface area (Å²) in [6.45, 7) is 5.53. The Morgan fingerprint density at radius 3 is 2.42 bits per heavy atom. The summed E-state index contributed by atoms with van der Waals surface area (Å²) in [5.74, 6) is 1.67. The molecule has 0 aromatic heterocycles. The van der Waals surface area contributed by atoms with E-state index in [9.17, 15) is 4.79 Å². The Hall–Kier alpha value is -2.20. The Bertz CT molecular complexity index is 772. The SMILES string of the molecule is CC(C)c1ccc(CCC(=O)Nc2cc3c(cc2Cl)OCCCO3)cc1. The summed E-state index contributed by atoms with van der Waals surface area (Å²) in [7, 11) is 0. The maximum atomic E-state index is 12.3. The van der Waals surface area contributed by atoms with E-state index in [2.05, 4.69) is 43.4 Å². The highest BCUT2D eigenvalue weighted by Gasteiger charge is 2.15. The van der Waals surface area contributed by atoms with Crippen LogP contribution in [0.5, 0.6) is 11.5 Å². The molecule has 0 unspecified atom stereocenters. The molecule has 1 amide bonds. The van der Waals surface area contributed by atoms with Crippen LogP contribution in [0.25, 0.3) is 0 Å². The maximum Gasteiger partial charge on any atom is 0.224 e. The van der Waals surface area contributed by atoms with Crippen molar-refractivity contribution in [3.63, 3.8) is 0 Å². The number of aryl methyl sites for hydroxylation is 1. The van der Waals surface area contributed by atoms with Gasteiger partial charge in [0, 0.05) is 25.0 Å². The van der Waals surface area contributed by atoms with Gasteiger partial charge in [-0.3, -0.25) is 4.79 Å².